The average molecular weight is 268 g/mol. The average Bonchev–Trinajstić information content (AvgIpc) is 2.38. The van der Waals surface area contributed by atoms with Crippen LogP contribution in [0, 0.1) is 5.41 Å². The molecule has 0 spiro atoms. The molecule has 1 saturated heterocycles. The Morgan fingerprint density at radius 2 is 1.89 bits per heavy atom. The highest BCUT2D eigenvalue weighted by atomic mass is 16.3. The van der Waals surface area contributed by atoms with Crippen LogP contribution in [0.1, 0.15) is 51.9 Å². The number of carbonyl (C=O) groups excluding carboxylic acids is 1. The molecule has 0 aromatic rings. The first-order valence-corrected chi connectivity index (χ1v) is 7.64. The van der Waals surface area contributed by atoms with E-state index in [1.807, 2.05) is 6.92 Å². The van der Waals surface area contributed by atoms with Crippen molar-refractivity contribution < 1.29 is 9.90 Å². The van der Waals surface area contributed by atoms with Crippen LogP contribution >= 0.6 is 0 Å². The predicted octanol–water partition coefficient (Wildman–Crippen LogP) is 1.53. The fourth-order valence-electron chi connectivity index (χ4n) is 3.75. The van der Waals surface area contributed by atoms with Crippen molar-refractivity contribution in [2.75, 3.05) is 26.7 Å². The van der Waals surface area contributed by atoms with Gasteiger partial charge in [-0.2, -0.15) is 0 Å². The maximum atomic E-state index is 12.0. The second-order valence-corrected chi connectivity index (χ2v) is 6.74. The van der Waals surface area contributed by atoms with Crippen LogP contribution in [-0.4, -0.2) is 48.2 Å². The van der Waals surface area contributed by atoms with E-state index in [0.29, 0.717) is 0 Å². The van der Waals surface area contributed by atoms with Crippen molar-refractivity contribution in [2.45, 2.75) is 57.5 Å². The van der Waals surface area contributed by atoms with Crippen LogP contribution in [0.25, 0.3) is 0 Å². The topological polar surface area (TPSA) is 52.6 Å². The molecule has 1 saturated carbocycles. The minimum Gasteiger partial charge on any atom is -0.389 e. The molecule has 1 heterocycles. The van der Waals surface area contributed by atoms with Gasteiger partial charge in [-0.05, 0) is 39.2 Å². The van der Waals surface area contributed by atoms with Crippen LogP contribution in [-0.2, 0) is 4.79 Å². The van der Waals surface area contributed by atoms with Crippen molar-refractivity contribution in [3.63, 3.8) is 0 Å². The standard InChI is InChI=1S/C15H28N2O2/c1-14(13(18)16-2)7-6-10-17(11-14)12-15(19)8-4-3-5-9-15/h19H,3-12H2,1-2H3,(H,16,18). The van der Waals surface area contributed by atoms with Gasteiger partial charge in [0.15, 0.2) is 0 Å². The highest BCUT2D eigenvalue weighted by molar-refractivity contribution is 5.82. The summed E-state index contributed by atoms with van der Waals surface area (Å²) in [5, 5.41) is 13.4. The Morgan fingerprint density at radius 1 is 1.21 bits per heavy atom. The largest absolute Gasteiger partial charge is 0.389 e. The van der Waals surface area contributed by atoms with Gasteiger partial charge in [0, 0.05) is 20.1 Å². The molecule has 4 nitrogen and oxygen atoms in total. The first kappa shape index (κ1) is 14.8. The molecule has 110 valence electrons. The lowest BCUT2D eigenvalue weighted by Crippen LogP contribution is -2.54. The molecule has 0 aromatic carbocycles. The number of β-amino-alcohol motifs (C(OH)–C–C–N with tert-alkyl or cyclic N) is 1. The number of piperidine rings is 1. The number of hydrogen-bond donors (Lipinski definition) is 2. The predicted molar refractivity (Wildman–Crippen MR) is 75.9 cm³/mol. The zero-order chi connectivity index (χ0) is 13.9. The number of hydrogen-bond acceptors (Lipinski definition) is 3. The van der Waals surface area contributed by atoms with E-state index in [4.69, 9.17) is 0 Å². The van der Waals surface area contributed by atoms with E-state index in [2.05, 4.69) is 10.2 Å². The first-order valence-electron chi connectivity index (χ1n) is 7.64. The van der Waals surface area contributed by atoms with Gasteiger partial charge in [-0.25, -0.2) is 0 Å². The van der Waals surface area contributed by atoms with Crippen molar-refractivity contribution in [3.05, 3.63) is 0 Å². The quantitative estimate of drug-likeness (QED) is 0.816. The van der Waals surface area contributed by atoms with Gasteiger partial charge in [-0.1, -0.05) is 19.3 Å². The third-order valence-electron chi connectivity index (χ3n) is 4.85. The van der Waals surface area contributed by atoms with Crippen molar-refractivity contribution >= 4 is 5.91 Å². The second kappa shape index (κ2) is 5.80. The van der Waals surface area contributed by atoms with Gasteiger partial charge in [-0.15, -0.1) is 0 Å². The molecule has 2 aliphatic rings. The number of nitrogens with one attached hydrogen (secondary N) is 1. The second-order valence-electron chi connectivity index (χ2n) is 6.74. The molecule has 0 radical (unpaired) electrons. The Kier molecular flexibility index (Phi) is 4.51. The van der Waals surface area contributed by atoms with Crippen LogP contribution in [0.2, 0.25) is 0 Å². The van der Waals surface area contributed by atoms with Crippen LogP contribution in [0.5, 0.6) is 0 Å². The number of carbonyl (C=O) groups is 1. The number of aliphatic hydroxyl groups is 1. The minimum absolute atomic E-state index is 0.132. The normalized spacial score (nSPS) is 31.9. The fraction of sp³-hybridized carbons (Fsp3) is 0.933. The molecule has 0 bridgehead atoms. The summed E-state index contributed by atoms with van der Waals surface area (Å²) in [4.78, 5) is 14.3. The molecule has 0 aromatic heterocycles. The van der Waals surface area contributed by atoms with Gasteiger partial charge in [0.2, 0.25) is 5.91 Å². The van der Waals surface area contributed by atoms with Gasteiger partial charge >= 0.3 is 0 Å². The van der Waals surface area contributed by atoms with E-state index >= 15 is 0 Å². The highest BCUT2D eigenvalue weighted by Crippen LogP contribution is 2.33. The van der Waals surface area contributed by atoms with Crippen molar-refractivity contribution in [3.8, 4) is 0 Å². The van der Waals surface area contributed by atoms with E-state index in [1.165, 1.54) is 6.42 Å². The van der Waals surface area contributed by atoms with Crippen molar-refractivity contribution in [1.29, 1.82) is 0 Å². The van der Waals surface area contributed by atoms with Gasteiger partial charge in [-0.3, -0.25) is 9.69 Å². The Morgan fingerprint density at radius 3 is 2.53 bits per heavy atom. The number of rotatable bonds is 3. The van der Waals surface area contributed by atoms with E-state index < -0.39 is 5.60 Å². The van der Waals surface area contributed by atoms with Gasteiger partial charge in [0.05, 0.1) is 11.0 Å². The van der Waals surface area contributed by atoms with Gasteiger partial charge in [0.1, 0.15) is 0 Å². The lowest BCUT2D eigenvalue weighted by molar-refractivity contribution is -0.134. The maximum Gasteiger partial charge on any atom is 0.226 e. The molecule has 2 rings (SSSR count). The molecule has 2 fully saturated rings. The number of likely N-dealkylation sites (tertiary alicyclic amines) is 1. The van der Waals surface area contributed by atoms with Crippen LogP contribution in [0.3, 0.4) is 0 Å². The lowest BCUT2D eigenvalue weighted by atomic mass is 9.79. The Balaban J connectivity index is 1.95. The fourth-order valence-corrected chi connectivity index (χ4v) is 3.75. The third kappa shape index (κ3) is 3.48. The zero-order valence-electron chi connectivity index (χ0n) is 12.4. The molecular weight excluding hydrogens is 240 g/mol. The Bertz CT molecular complexity index is 326. The summed E-state index contributed by atoms with van der Waals surface area (Å²) in [7, 11) is 1.71. The number of nitrogens with zero attached hydrogens (tertiary/aromatic N) is 1. The monoisotopic (exact) mass is 268 g/mol. The smallest absolute Gasteiger partial charge is 0.226 e. The molecule has 1 aliphatic heterocycles. The summed E-state index contributed by atoms with van der Waals surface area (Å²) >= 11 is 0. The molecule has 1 unspecified atom stereocenters. The summed E-state index contributed by atoms with van der Waals surface area (Å²) in [5.41, 5.74) is -0.808. The SMILES string of the molecule is CNC(=O)C1(C)CCCN(CC2(O)CCCCC2)C1. The first-order chi connectivity index (χ1) is 8.97. The van der Waals surface area contributed by atoms with E-state index in [9.17, 15) is 9.90 Å². The van der Waals surface area contributed by atoms with Crippen LogP contribution in [0.4, 0.5) is 0 Å². The summed E-state index contributed by atoms with van der Waals surface area (Å²) in [6.45, 7) is 4.56. The lowest BCUT2D eigenvalue weighted by Gasteiger charge is -2.43. The van der Waals surface area contributed by atoms with Gasteiger partial charge in [0.25, 0.3) is 0 Å². The highest BCUT2D eigenvalue weighted by Gasteiger charge is 2.40. The molecule has 1 atom stereocenters. The van der Waals surface area contributed by atoms with Crippen molar-refractivity contribution in [1.82, 2.24) is 10.2 Å². The summed E-state index contributed by atoms with van der Waals surface area (Å²) < 4.78 is 0. The Hall–Kier alpha value is -0.610. The molecule has 2 N–H and O–H groups in total. The van der Waals surface area contributed by atoms with E-state index in [-0.39, 0.29) is 11.3 Å². The molecule has 1 amide bonds. The van der Waals surface area contributed by atoms with E-state index in [1.54, 1.807) is 7.05 Å². The van der Waals surface area contributed by atoms with E-state index in [0.717, 1.165) is 58.2 Å². The van der Waals surface area contributed by atoms with Crippen LogP contribution < -0.4 is 5.32 Å². The van der Waals surface area contributed by atoms with Crippen molar-refractivity contribution in [2.24, 2.45) is 5.41 Å². The van der Waals surface area contributed by atoms with Gasteiger partial charge < -0.3 is 10.4 Å². The summed E-state index contributed by atoms with van der Waals surface area (Å²) in [6, 6.07) is 0. The third-order valence-corrected chi connectivity index (χ3v) is 4.85. The summed E-state index contributed by atoms with van der Waals surface area (Å²) in [5.74, 6) is 0.132. The molecule has 4 heteroatoms. The summed E-state index contributed by atoms with van der Waals surface area (Å²) in [6.07, 6.45) is 7.34. The van der Waals surface area contributed by atoms with Crippen LogP contribution in [0.15, 0.2) is 0 Å². The minimum atomic E-state index is -0.515. The molecular formula is C15H28N2O2. The number of amides is 1. The maximum absolute atomic E-state index is 12.0. The Labute approximate surface area is 116 Å². The zero-order valence-corrected chi connectivity index (χ0v) is 12.4. The molecule has 19 heavy (non-hydrogen) atoms. The molecule has 1 aliphatic carbocycles.